The van der Waals surface area contributed by atoms with Crippen LogP contribution in [0.1, 0.15) is 35.3 Å². The summed E-state index contributed by atoms with van der Waals surface area (Å²) in [6.07, 6.45) is 3.03. The zero-order valence-electron chi connectivity index (χ0n) is 17.3. The van der Waals surface area contributed by atoms with Crippen molar-refractivity contribution in [2.75, 3.05) is 13.7 Å². The maximum atomic E-state index is 12.9. The molecule has 0 spiro atoms. The SMILES string of the molecule is COCC(C)(C)NC(=O)c1ccc(-n2[nH]cc(-c3ccc(C#N)cc3C)c2=O)nc1. The van der Waals surface area contributed by atoms with E-state index in [0.29, 0.717) is 29.1 Å². The van der Waals surface area contributed by atoms with E-state index >= 15 is 0 Å². The van der Waals surface area contributed by atoms with E-state index < -0.39 is 5.54 Å². The Morgan fingerprint density at radius 1 is 1.30 bits per heavy atom. The summed E-state index contributed by atoms with van der Waals surface area (Å²) in [6, 6.07) is 10.5. The van der Waals surface area contributed by atoms with Crippen LogP contribution in [0.3, 0.4) is 0 Å². The Bertz CT molecular complexity index is 1170. The van der Waals surface area contributed by atoms with Gasteiger partial charge in [-0.05, 0) is 56.2 Å². The molecule has 8 heteroatoms. The van der Waals surface area contributed by atoms with Crippen molar-refractivity contribution in [3.05, 3.63) is 69.8 Å². The van der Waals surface area contributed by atoms with Crippen LogP contribution in [0.25, 0.3) is 16.9 Å². The number of H-pyrrole nitrogens is 1. The van der Waals surface area contributed by atoms with E-state index in [0.717, 1.165) is 11.1 Å². The first-order valence-electron chi connectivity index (χ1n) is 9.35. The van der Waals surface area contributed by atoms with Gasteiger partial charge in [-0.15, -0.1) is 0 Å². The number of rotatable bonds is 6. The molecule has 2 N–H and O–H groups in total. The molecule has 0 aliphatic heterocycles. The van der Waals surface area contributed by atoms with Crippen molar-refractivity contribution in [3.8, 4) is 23.0 Å². The van der Waals surface area contributed by atoms with Gasteiger partial charge in [0, 0.05) is 19.5 Å². The lowest BCUT2D eigenvalue weighted by Gasteiger charge is -2.25. The average molecular weight is 405 g/mol. The number of carbonyl (C=O) groups is 1. The molecule has 0 unspecified atom stereocenters. The third-order valence-electron chi connectivity index (χ3n) is 4.61. The van der Waals surface area contributed by atoms with Crippen LogP contribution in [-0.4, -0.2) is 39.9 Å². The molecule has 0 saturated heterocycles. The zero-order chi connectivity index (χ0) is 21.9. The monoisotopic (exact) mass is 405 g/mol. The number of nitriles is 1. The zero-order valence-corrected chi connectivity index (χ0v) is 17.3. The van der Waals surface area contributed by atoms with E-state index in [4.69, 9.17) is 10.00 Å². The highest BCUT2D eigenvalue weighted by Crippen LogP contribution is 2.21. The molecular formula is C22H23N5O3. The van der Waals surface area contributed by atoms with E-state index in [1.165, 1.54) is 10.9 Å². The highest BCUT2D eigenvalue weighted by atomic mass is 16.5. The number of pyridine rings is 1. The van der Waals surface area contributed by atoms with Gasteiger partial charge in [-0.25, -0.2) is 9.67 Å². The molecule has 30 heavy (non-hydrogen) atoms. The molecule has 0 bridgehead atoms. The molecular weight excluding hydrogens is 382 g/mol. The van der Waals surface area contributed by atoms with E-state index in [1.54, 1.807) is 43.6 Å². The number of benzene rings is 1. The summed E-state index contributed by atoms with van der Waals surface area (Å²) in [6.45, 7) is 5.95. The van der Waals surface area contributed by atoms with Gasteiger partial charge in [-0.1, -0.05) is 6.07 Å². The van der Waals surface area contributed by atoms with Crippen LogP contribution in [0.4, 0.5) is 0 Å². The van der Waals surface area contributed by atoms with Crippen molar-refractivity contribution in [3.63, 3.8) is 0 Å². The van der Waals surface area contributed by atoms with Crippen LogP contribution < -0.4 is 10.9 Å². The fraction of sp³-hybridized carbons (Fsp3) is 0.273. The number of aromatic nitrogens is 3. The van der Waals surface area contributed by atoms with Gasteiger partial charge in [0.25, 0.3) is 11.5 Å². The number of aryl methyl sites for hydroxylation is 1. The Morgan fingerprint density at radius 2 is 2.07 bits per heavy atom. The number of ether oxygens (including phenoxy) is 1. The first-order chi connectivity index (χ1) is 14.3. The summed E-state index contributed by atoms with van der Waals surface area (Å²) in [5, 5.41) is 14.8. The molecule has 2 aromatic heterocycles. The fourth-order valence-electron chi connectivity index (χ4n) is 3.20. The van der Waals surface area contributed by atoms with Crippen LogP contribution in [0.15, 0.2) is 47.5 Å². The van der Waals surface area contributed by atoms with Crippen LogP contribution in [0.5, 0.6) is 0 Å². The van der Waals surface area contributed by atoms with Crippen LogP contribution in [0, 0.1) is 18.3 Å². The highest BCUT2D eigenvalue weighted by molar-refractivity contribution is 5.94. The second-order valence-corrected chi connectivity index (χ2v) is 7.65. The van der Waals surface area contributed by atoms with Crippen LogP contribution >= 0.6 is 0 Å². The van der Waals surface area contributed by atoms with Gasteiger partial charge in [0.1, 0.15) is 0 Å². The number of aromatic amines is 1. The molecule has 8 nitrogen and oxygen atoms in total. The third-order valence-corrected chi connectivity index (χ3v) is 4.61. The van der Waals surface area contributed by atoms with Gasteiger partial charge >= 0.3 is 0 Å². The molecule has 0 saturated carbocycles. The van der Waals surface area contributed by atoms with E-state index in [-0.39, 0.29) is 11.5 Å². The maximum absolute atomic E-state index is 12.9. The molecule has 0 aliphatic carbocycles. The molecule has 154 valence electrons. The van der Waals surface area contributed by atoms with E-state index in [1.807, 2.05) is 20.8 Å². The predicted molar refractivity (Wildman–Crippen MR) is 112 cm³/mol. The number of nitrogens with one attached hydrogen (secondary N) is 2. The van der Waals surface area contributed by atoms with Gasteiger partial charge in [0.05, 0.1) is 34.9 Å². The molecule has 3 rings (SSSR count). The number of nitrogens with zero attached hydrogens (tertiary/aromatic N) is 3. The van der Waals surface area contributed by atoms with Gasteiger partial charge in [0.2, 0.25) is 0 Å². The lowest BCUT2D eigenvalue weighted by molar-refractivity contribution is 0.0819. The van der Waals surface area contributed by atoms with Gasteiger partial charge < -0.3 is 10.1 Å². The standard InChI is InChI=1S/C22H23N5O3/c1-14-9-15(10-23)5-7-17(14)18-12-25-27(21(18)29)19-8-6-16(11-24-19)20(28)26-22(2,3)13-30-4/h5-9,11-12,25H,13H2,1-4H3,(H,26,28). The first-order valence-corrected chi connectivity index (χ1v) is 9.35. The second-order valence-electron chi connectivity index (χ2n) is 7.65. The van der Waals surface area contributed by atoms with Crippen molar-refractivity contribution >= 4 is 5.91 Å². The van der Waals surface area contributed by atoms with Crippen molar-refractivity contribution in [2.24, 2.45) is 0 Å². The molecule has 0 fully saturated rings. The van der Waals surface area contributed by atoms with E-state index in [2.05, 4.69) is 21.5 Å². The Balaban J connectivity index is 1.86. The largest absolute Gasteiger partial charge is 0.382 e. The average Bonchev–Trinajstić information content (AvgIpc) is 3.08. The number of hydrogen-bond acceptors (Lipinski definition) is 5. The fourth-order valence-corrected chi connectivity index (χ4v) is 3.20. The molecule has 0 aliphatic rings. The molecule has 0 atom stereocenters. The molecule has 1 amide bonds. The van der Waals surface area contributed by atoms with E-state index in [9.17, 15) is 9.59 Å². The summed E-state index contributed by atoms with van der Waals surface area (Å²) < 4.78 is 6.41. The quantitative estimate of drug-likeness (QED) is 0.654. The van der Waals surface area contributed by atoms with Crippen molar-refractivity contribution in [1.29, 1.82) is 5.26 Å². The Hall–Kier alpha value is -3.70. The number of methoxy groups -OCH3 is 1. The summed E-state index contributed by atoms with van der Waals surface area (Å²) in [5.41, 5.74) is 2.17. The topological polar surface area (TPSA) is 113 Å². The summed E-state index contributed by atoms with van der Waals surface area (Å²) >= 11 is 0. The van der Waals surface area contributed by atoms with Crippen molar-refractivity contribution in [1.82, 2.24) is 20.1 Å². The second kappa shape index (κ2) is 8.35. The maximum Gasteiger partial charge on any atom is 0.280 e. The number of carbonyl (C=O) groups excluding carboxylic acids is 1. The summed E-state index contributed by atoms with van der Waals surface area (Å²) in [5.74, 6) is 0.0917. The molecule has 1 aromatic carbocycles. The van der Waals surface area contributed by atoms with Crippen LogP contribution in [-0.2, 0) is 4.74 Å². The van der Waals surface area contributed by atoms with Crippen LogP contribution in [0.2, 0.25) is 0 Å². The molecule has 0 radical (unpaired) electrons. The minimum atomic E-state index is -0.519. The normalized spacial score (nSPS) is 11.2. The first kappa shape index (κ1) is 21.0. The highest BCUT2D eigenvalue weighted by Gasteiger charge is 2.21. The summed E-state index contributed by atoms with van der Waals surface area (Å²) in [7, 11) is 1.58. The number of hydrogen-bond donors (Lipinski definition) is 2. The van der Waals surface area contributed by atoms with Crippen molar-refractivity contribution in [2.45, 2.75) is 26.3 Å². The number of amides is 1. The third kappa shape index (κ3) is 4.31. The minimum absolute atomic E-state index is 0.270. The Morgan fingerprint density at radius 3 is 2.67 bits per heavy atom. The lowest BCUT2D eigenvalue weighted by Crippen LogP contribution is -2.46. The Kier molecular flexibility index (Phi) is 5.85. The predicted octanol–water partition coefficient (Wildman–Crippen LogP) is 2.56. The van der Waals surface area contributed by atoms with Gasteiger partial charge in [-0.3, -0.25) is 14.7 Å². The molecule has 2 heterocycles. The van der Waals surface area contributed by atoms with Gasteiger partial charge in [0.15, 0.2) is 5.82 Å². The molecule has 3 aromatic rings. The van der Waals surface area contributed by atoms with Gasteiger partial charge in [-0.2, -0.15) is 5.26 Å². The smallest absolute Gasteiger partial charge is 0.280 e. The van der Waals surface area contributed by atoms with Crippen molar-refractivity contribution < 1.29 is 9.53 Å². The summed E-state index contributed by atoms with van der Waals surface area (Å²) in [4.78, 5) is 29.6. The Labute approximate surface area is 174 Å². The lowest BCUT2D eigenvalue weighted by atomic mass is 10.0. The minimum Gasteiger partial charge on any atom is -0.382 e.